The van der Waals surface area contributed by atoms with Crippen molar-refractivity contribution in [3.63, 3.8) is 0 Å². The van der Waals surface area contributed by atoms with Crippen LogP contribution in [0.15, 0.2) is 36.5 Å². The Kier molecular flexibility index (Phi) is 4.35. The van der Waals surface area contributed by atoms with Crippen molar-refractivity contribution >= 4 is 11.6 Å². The third-order valence-corrected chi connectivity index (χ3v) is 2.94. The molecule has 0 fully saturated rings. The molecule has 4 nitrogen and oxygen atoms in total. The van der Waals surface area contributed by atoms with Crippen LogP contribution in [0.3, 0.4) is 0 Å². The largest absolute Gasteiger partial charge is 0.496 e. The average molecular weight is 310 g/mol. The van der Waals surface area contributed by atoms with Crippen LogP contribution in [0.4, 0.5) is 18.9 Å². The van der Waals surface area contributed by atoms with Crippen LogP contribution in [0.1, 0.15) is 21.6 Å². The van der Waals surface area contributed by atoms with E-state index in [1.807, 2.05) is 0 Å². The minimum Gasteiger partial charge on any atom is -0.496 e. The van der Waals surface area contributed by atoms with Crippen LogP contribution in [0.25, 0.3) is 0 Å². The van der Waals surface area contributed by atoms with Gasteiger partial charge in [-0.15, -0.1) is 0 Å². The highest BCUT2D eigenvalue weighted by Gasteiger charge is 2.34. The van der Waals surface area contributed by atoms with Crippen LogP contribution in [-0.2, 0) is 6.18 Å². The van der Waals surface area contributed by atoms with E-state index < -0.39 is 17.6 Å². The molecule has 1 aromatic heterocycles. The second-order valence-electron chi connectivity index (χ2n) is 4.56. The van der Waals surface area contributed by atoms with Gasteiger partial charge in [0, 0.05) is 17.6 Å². The standard InChI is InChI=1S/C15H13F3N2O2/c1-9-3-4-10(8-19-9)14(21)20-11-5-6-13(22-2)12(7-11)15(16,17)18/h3-8H,1-2H3,(H,20,21). The van der Waals surface area contributed by atoms with Crippen molar-refractivity contribution in [1.29, 1.82) is 0 Å². The number of hydrogen-bond donors (Lipinski definition) is 1. The number of anilines is 1. The van der Waals surface area contributed by atoms with Crippen LogP contribution in [0.2, 0.25) is 0 Å². The third-order valence-electron chi connectivity index (χ3n) is 2.94. The first-order chi connectivity index (χ1) is 10.3. The predicted molar refractivity (Wildman–Crippen MR) is 74.9 cm³/mol. The SMILES string of the molecule is COc1ccc(NC(=O)c2ccc(C)nc2)cc1C(F)(F)F. The first kappa shape index (κ1) is 15.8. The molecule has 0 saturated heterocycles. The van der Waals surface area contributed by atoms with Gasteiger partial charge >= 0.3 is 6.18 Å². The minimum absolute atomic E-state index is 0.0266. The number of alkyl halides is 3. The summed E-state index contributed by atoms with van der Waals surface area (Å²) < 4.78 is 43.4. The Labute approximate surface area is 124 Å². The lowest BCUT2D eigenvalue weighted by Gasteiger charge is -2.14. The highest BCUT2D eigenvalue weighted by atomic mass is 19.4. The molecule has 0 radical (unpaired) electrons. The molecule has 0 unspecified atom stereocenters. The van der Waals surface area contributed by atoms with Gasteiger partial charge in [-0.2, -0.15) is 13.2 Å². The van der Waals surface area contributed by atoms with Crippen molar-refractivity contribution < 1.29 is 22.7 Å². The zero-order valence-corrected chi connectivity index (χ0v) is 11.9. The molecule has 1 heterocycles. The van der Waals surface area contributed by atoms with Crippen molar-refractivity contribution in [2.75, 3.05) is 12.4 Å². The van der Waals surface area contributed by atoms with E-state index in [0.717, 1.165) is 24.9 Å². The monoisotopic (exact) mass is 310 g/mol. The summed E-state index contributed by atoms with van der Waals surface area (Å²) in [7, 11) is 1.15. The first-order valence-corrected chi connectivity index (χ1v) is 6.30. The van der Waals surface area contributed by atoms with Gasteiger partial charge < -0.3 is 10.1 Å². The Morgan fingerprint density at radius 3 is 2.50 bits per heavy atom. The van der Waals surface area contributed by atoms with E-state index >= 15 is 0 Å². The summed E-state index contributed by atoms with van der Waals surface area (Å²) in [6.45, 7) is 1.76. The molecule has 0 atom stereocenters. The first-order valence-electron chi connectivity index (χ1n) is 6.30. The number of ether oxygens (including phenoxy) is 1. The van der Waals surface area contributed by atoms with Gasteiger partial charge in [-0.25, -0.2) is 0 Å². The number of nitrogens with zero attached hydrogens (tertiary/aromatic N) is 1. The van der Waals surface area contributed by atoms with Crippen molar-refractivity contribution in [1.82, 2.24) is 4.98 Å². The smallest absolute Gasteiger partial charge is 0.420 e. The Balaban J connectivity index is 2.26. The van der Waals surface area contributed by atoms with E-state index in [9.17, 15) is 18.0 Å². The van der Waals surface area contributed by atoms with Crippen LogP contribution >= 0.6 is 0 Å². The summed E-state index contributed by atoms with van der Waals surface area (Å²) in [5, 5.41) is 2.41. The fourth-order valence-electron chi connectivity index (χ4n) is 1.81. The zero-order chi connectivity index (χ0) is 16.3. The van der Waals surface area contributed by atoms with E-state index in [1.54, 1.807) is 19.1 Å². The summed E-state index contributed by atoms with van der Waals surface area (Å²) in [5.41, 5.74) is 0.0730. The zero-order valence-electron chi connectivity index (χ0n) is 11.9. The molecule has 2 rings (SSSR count). The number of methoxy groups -OCH3 is 1. The van der Waals surface area contributed by atoms with E-state index in [1.165, 1.54) is 12.3 Å². The molecule has 0 aliphatic heterocycles. The summed E-state index contributed by atoms with van der Waals surface area (Å²) in [6.07, 6.45) is -3.21. The summed E-state index contributed by atoms with van der Waals surface area (Å²) in [6, 6.07) is 6.52. The maximum Gasteiger partial charge on any atom is 0.420 e. The number of aryl methyl sites for hydroxylation is 1. The molecular formula is C15H13F3N2O2. The number of amides is 1. The number of halogens is 3. The molecular weight excluding hydrogens is 297 g/mol. The van der Waals surface area contributed by atoms with Gasteiger partial charge in [-0.05, 0) is 37.3 Å². The summed E-state index contributed by atoms with van der Waals surface area (Å²) in [5.74, 6) is -0.840. The summed E-state index contributed by atoms with van der Waals surface area (Å²) in [4.78, 5) is 15.9. The lowest BCUT2D eigenvalue weighted by molar-refractivity contribution is -0.138. The van der Waals surface area contributed by atoms with Crippen LogP contribution < -0.4 is 10.1 Å². The number of aromatic nitrogens is 1. The average Bonchev–Trinajstić information content (AvgIpc) is 2.47. The molecule has 1 amide bonds. The number of carbonyl (C=O) groups excluding carboxylic acids is 1. The van der Waals surface area contributed by atoms with Crippen LogP contribution in [0.5, 0.6) is 5.75 Å². The molecule has 0 aliphatic carbocycles. The molecule has 2 aromatic rings. The number of hydrogen-bond acceptors (Lipinski definition) is 3. The molecule has 0 spiro atoms. The fraction of sp³-hybridized carbons (Fsp3) is 0.200. The lowest BCUT2D eigenvalue weighted by atomic mass is 10.1. The molecule has 0 bridgehead atoms. The van der Waals surface area contributed by atoms with Crippen molar-refractivity contribution in [2.24, 2.45) is 0 Å². The Morgan fingerprint density at radius 1 is 1.23 bits per heavy atom. The second kappa shape index (κ2) is 6.05. The van der Waals surface area contributed by atoms with Gasteiger partial charge in [0.15, 0.2) is 0 Å². The number of carbonyl (C=O) groups is 1. The van der Waals surface area contributed by atoms with Gasteiger partial charge in [0.2, 0.25) is 0 Å². The van der Waals surface area contributed by atoms with Gasteiger partial charge in [0.05, 0.1) is 18.2 Å². The number of nitrogens with one attached hydrogen (secondary N) is 1. The maximum absolute atomic E-state index is 12.9. The van der Waals surface area contributed by atoms with Crippen molar-refractivity contribution in [3.05, 3.63) is 53.3 Å². The highest BCUT2D eigenvalue weighted by molar-refractivity contribution is 6.04. The Hall–Kier alpha value is -2.57. The molecule has 116 valence electrons. The third kappa shape index (κ3) is 3.55. The topological polar surface area (TPSA) is 51.2 Å². The Morgan fingerprint density at radius 2 is 1.95 bits per heavy atom. The van der Waals surface area contributed by atoms with E-state index in [0.29, 0.717) is 0 Å². The van der Waals surface area contributed by atoms with Gasteiger partial charge in [0.1, 0.15) is 5.75 Å². The number of benzene rings is 1. The Bertz CT molecular complexity index is 682. The second-order valence-corrected chi connectivity index (χ2v) is 4.56. The van der Waals surface area contributed by atoms with Gasteiger partial charge in [-0.3, -0.25) is 9.78 Å². The molecule has 0 aliphatic rings. The molecule has 22 heavy (non-hydrogen) atoms. The van der Waals surface area contributed by atoms with E-state index in [2.05, 4.69) is 15.0 Å². The minimum atomic E-state index is -4.57. The van der Waals surface area contributed by atoms with Gasteiger partial charge in [0.25, 0.3) is 5.91 Å². The summed E-state index contributed by atoms with van der Waals surface area (Å²) >= 11 is 0. The predicted octanol–water partition coefficient (Wildman–Crippen LogP) is 3.67. The van der Waals surface area contributed by atoms with Crippen LogP contribution in [-0.4, -0.2) is 18.0 Å². The molecule has 1 N–H and O–H groups in total. The highest BCUT2D eigenvalue weighted by Crippen LogP contribution is 2.37. The van der Waals surface area contributed by atoms with E-state index in [4.69, 9.17) is 0 Å². The quantitative estimate of drug-likeness (QED) is 0.941. The number of pyridine rings is 1. The fourth-order valence-corrected chi connectivity index (χ4v) is 1.81. The number of rotatable bonds is 3. The molecule has 7 heteroatoms. The maximum atomic E-state index is 12.9. The van der Waals surface area contributed by atoms with Gasteiger partial charge in [-0.1, -0.05) is 0 Å². The lowest BCUT2D eigenvalue weighted by Crippen LogP contribution is -2.14. The van der Waals surface area contributed by atoms with E-state index in [-0.39, 0.29) is 17.0 Å². The molecule has 0 saturated carbocycles. The van der Waals surface area contributed by atoms with Crippen molar-refractivity contribution in [2.45, 2.75) is 13.1 Å². The normalized spacial score (nSPS) is 11.1. The molecule has 1 aromatic carbocycles. The van der Waals surface area contributed by atoms with Crippen molar-refractivity contribution in [3.8, 4) is 5.75 Å². The van der Waals surface area contributed by atoms with Crippen LogP contribution in [0, 0.1) is 6.92 Å².